The van der Waals surface area contributed by atoms with Gasteiger partial charge < -0.3 is 20.3 Å². The summed E-state index contributed by atoms with van der Waals surface area (Å²) in [5, 5.41) is 11.7. The number of aryl methyl sites for hydroxylation is 1. The van der Waals surface area contributed by atoms with Gasteiger partial charge in [-0.1, -0.05) is 6.92 Å². The average molecular weight is 506 g/mol. The van der Waals surface area contributed by atoms with Gasteiger partial charge in [0, 0.05) is 44.0 Å². The Kier molecular flexibility index (Phi) is 12.0. The van der Waals surface area contributed by atoms with E-state index >= 15 is 0 Å². The molecule has 1 aromatic heterocycles. The summed E-state index contributed by atoms with van der Waals surface area (Å²) in [6, 6.07) is 0.502. The van der Waals surface area contributed by atoms with E-state index in [2.05, 4.69) is 48.3 Å². The third kappa shape index (κ3) is 7.51. The van der Waals surface area contributed by atoms with Crippen LogP contribution < -0.4 is 10.6 Å². The van der Waals surface area contributed by atoms with Crippen LogP contribution in [0.1, 0.15) is 50.1 Å². The molecule has 0 saturated carbocycles. The van der Waals surface area contributed by atoms with Gasteiger partial charge in [-0.05, 0) is 46.6 Å². The third-order valence-corrected chi connectivity index (χ3v) is 5.25. The van der Waals surface area contributed by atoms with E-state index in [0.717, 1.165) is 24.7 Å². The molecule has 0 atom stereocenters. The Bertz CT molecular complexity index is 596. The standard InChI is InChI=1S/C20H38N6O.HI/c1-6-10-25-11-8-18(9-12-25)23-20(21-7-2)22-15-19-16(3)24-26(17(19)4)13-14-27-5;/h18H,6-15H2,1-5H3,(H2,21,22,23);1H. The van der Waals surface area contributed by atoms with E-state index in [4.69, 9.17) is 9.73 Å². The number of aliphatic imine (C=N–C) groups is 1. The Morgan fingerprint density at radius 1 is 1.21 bits per heavy atom. The first-order chi connectivity index (χ1) is 13.1. The van der Waals surface area contributed by atoms with Gasteiger partial charge in [0.1, 0.15) is 0 Å². The van der Waals surface area contributed by atoms with E-state index in [0.29, 0.717) is 19.2 Å². The van der Waals surface area contributed by atoms with Crippen molar-refractivity contribution >= 4 is 29.9 Å². The van der Waals surface area contributed by atoms with E-state index in [-0.39, 0.29) is 24.0 Å². The molecular formula is C20H39IN6O. The maximum atomic E-state index is 5.18. The zero-order chi connectivity index (χ0) is 19.6. The molecule has 28 heavy (non-hydrogen) atoms. The van der Waals surface area contributed by atoms with Gasteiger partial charge in [0.15, 0.2) is 5.96 Å². The van der Waals surface area contributed by atoms with Gasteiger partial charge in [-0.2, -0.15) is 5.10 Å². The van der Waals surface area contributed by atoms with Crippen molar-refractivity contribution in [1.82, 2.24) is 25.3 Å². The van der Waals surface area contributed by atoms with Crippen LogP contribution in [0.15, 0.2) is 4.99 Å². The smallest absolute Gasteiger partial charge is 0.191 e. The molecule has 8 heteroatoms. The monoisotopic (exact) mass is 506 g/mol. The fourth-order valence-electron chi connectivity index (χ4n) is 3.65. The minimum Gasteiger partial charge on any atom is -0.383 e. The van der Waals surface area contributed by atoms with Crippen molar-refractivity contribution in [1.29, 1.82) is 0 Å². The fraction of sp³-hybridized carbons (Fsp3) is 0.800. The van der Waals surface area contributed by atoms with Crippen LogP contribution in [0.5, 0.6) is 0 Å². The van der Waals surface area contributed by atoms with Gasteiger partial charge in [-0.25, -0.2) is 4.99 Å². The van der Waals surface area contributed by atoms with Gasteiger partial charge in [0.05, 0.1) is 25.4 Å². The normalized spacial score (nSPS) is 16.1. The van der Waals surface area contributed by atoms with Crippen LogP contribution in [0.4, 0.5) is 0 Å². The molecule has 2 N–H and O–H groups in total. The highest BCUT2D eigenvalue weighted by Gasteiger charge is 2.19. The van der Waals surface area contributed by atoms with Gasteiger partial charge >= 0.3 is 0 Å². The van der Waals surface area contributed by atoms with Gasteiger partial charge in [0.25, 0.3) is 0 Å². The van der Waals surface area contributed by atoms with Crippen LogP contribution in [0.2, 0.25) is 0 Å². The van der Waals surface area contributed by atoms with Crippen molar-refractivity contribution in [3.8, 4) is 0 Å². The number of hydrogen-bond donors (Lipinski definition) is 2. The summed E-state index contributed by atoms with van der Waals surface area (Å²) >= 11 is 0. The topological polar surface area (TPSA) is 66.7 Å². The quantitative estimate of drug-likeness (QED) is 0.306. The first-order valence-corrected chi connectivity index (χ1v) is 10.4. The Balaban J connectivity index is 0.00000392. The largest absolute Gasteiger partial charge is 0.383 e. The Morgan fingerprint density at radius 3 is 2.54 bits per heavy atom. The Morgan fingerprint density at radius 2 is 1.93 bits per heavy atom. The van der Waals surface area contributed by atoms with Crippen molar-refractivity contribution in [2.45, 2.75) is 66.1 Å². The van der Waals surface area contributed by atoms with Crippen molar-refractivity contribution in [2.24, 2.45) is 4.99 Å². The zero-order valence-corrected chi connectivity index (χ0v) is 20.6. The highest BCUT2D eigenvalue weighted by molar-refractivity contribution is 14.0. The number of rotatable bonds is 9. The molecule has 0 amide bonds. The van der Waals surface area contributed by atoms with E-state index in [1.54, 1.807) is 7.11 Å². The molecule has 1 aliphatic heterocycles. The van der Waals surface area contributed by atoms with Crippen LogP contribution in [-0.2, 0) is 17.8 Å². The second kappa shape index (κ2) is 13.4. The summed E-state index contributed by atoms with van der Waals surface area (Å²) in [7, 11) is 1.72. The third-order valence-electron chi connectivity index (χ3n) is 5.25. The van der Waals surface area contributed by atoms with E-state index in [1.807, 2.05) is 4.68 Å². The number of nitrogens with one attached hydrogen (secondary N) is 2. The maximum Gasteiger partial charge on any atom is 0.191 e. The summed E-state index contributed by atoms with van der Waals surface area (Å²) in [6.45, 7) is 15.1. The molecule has 2 rings (SSSR count). The highest BCUT2D eigenvalue weighted by atomic mass is 127. The number of likely N-dealkylation sites (tertiary alicyclic amines) is 1. The van der Waals surface area contributed by atoms with Crippen LogP contribution in [0.25, 0.3) is 0 Å². The van der Waals surface area contributed by atoms with Crippen LogP contribution in [0, 0.1) is 13.8 Å². The number of ether oxygens (including phenoxy) is 1. The fourth-order valence-corrected chi connectivity index (χ4v) is 3.65. The van der Waals surface area contributed by atoms with E-state index < -0.39 is 0 Å². The summed E-state index contributed by atoms with van der Waals surface area (Å²) in [6.07, 6.45) is 3.59. The minimum absolute atomic E-state index is 0. The second-order valence-electron chi connectivity index (χ2n) is 7.32. The Hall–Kier alpha value is -0.870. The number of piperidine rings is 1. The summed E-state index contributed by atoms with van der Waals surface area (Å²) < 4.78 is 7.20. The zero-order valence-electron chi connectivity index (χ0n) is 18.3. The first kappa shape index (κ1) is 25.2. The number of nitrogens with zero attached hydrogens (tertiary/aromatic N) is 4. The van der Waals surface area contributed by atoms with Crippen LogP contribution >= 0.6 is 24.0 Å². The van der Waals surface area contributed by atoms with Crippen LogP contribution in [0.3, 0.4) is 0 Å². The maximum absolute atomic E-state index is 5.18. The molecule has 0 aromatic carbocycles. The lowest BCUT2D eigenvalue weighted by atomic mass is 10.1. The second-order valence-corrected chi connectivity index (χ2v) is 7.32. The number of aromatic nitrogens is 2. The molecule has 7 nitrogen and oxygen atoms in total. The molecule has 1 fully saturated rings. The lowest BCUT2D eigenvalue weighted by Crippen LogP contribution is -2.48. The number of hydrogen-bond acceptors (Lipinski definition) is 4. The lowest BCUT2D eigenvalue weighted by Gasteiger charge is -2.32. The number of halogens is 1. The first-order valence-electron chi connectivity index (χ1n) is 10.4. The Labute approximate surface area is 187 Å². The molecule has 1 saturated heterocycles. The van der Waals surface area contributed by atoms with Crippen molar-refractivity contribution in [3.05, 3.63) is 17.0 Å². The van der Waals surface area contributed by atoms with E-state index in [9.17, 15) is 0 Å². The summed E-state index contributed by atoms with van der Waals surface area (Å²) in [5.74, 6) is 0.912. The predicted octanol–water partition coefficient (Wildman–Crippen LogP) is 2.69. The van der Waals surface area contributed by atoms with Crippen LogP contribution in [-0.4, -0.2) is 66.6 Å². The predicted molar refractivity (Wildman–Crippen MR) is 127 cm³/mol. The lowest BCUT2D eigenvalue weighted by molar-refractivity contribution is 0.182. The van der Waals surface area contributed by atoms with Crippen molar-refractivity contribution in [2.75, 3.05) is 39.9 Å². The summed E-state index contributed by atoms with van der Waals surface area (Å²) in [5.41, 5.74) is 3.44. The minimum atomic E-state index is 0. The van der Waals surface area contributed by atoms with E-state index in [1.165, 1.54) is 50.2 Å². The molecule has 0 spiro atoms. The molecule has 0 unspecified atom stereocenters. The van der Waals surface area contributed by atoms with Crippen molar-refractivity contribution < 1.29 is 4.74 Å². The highest BCUT2D eigenvalue weighted by Crippen LogP contribution is 2.15. The number of guanidine groups is 1. The molecule has 1 aromatic rings. The molecule has 0 radical (unpaired) electrons. The molecule has 1 aliphatic rings. The number of methoxy groups -OCH3 is 1. The van der Waals surface area contributed by atoms with Gasteiger partial charge in [-0.15, -0.1) is 24.0 Å². The summed E-state index contributed by atoms with van der Waals surface area (Å²) in [4.78, 5) is 7.40. The molecule has 162 valence electrons. The molecule has 0 aliphatic carbocycles. The van der Waals surface area contributed by atoms with Crippen molar-refractivity contribution in [3.63, 3.8) is 0 Å². The SMILES string of the molecule is CCCN1CCC(NC(=NCc2c(C)nn(CCOC)c2C)NCC)CC1.I. The molecular weight excluding hydrogens is 467 g/mol. The van der Waals surface area contributed by atoms with Gasteiger partial charge in [0.2, 0.25) is 0 Å². The molecule has 0 bridgehead atoms. The average Bonchev–Trinajstić information content (AvgIpc) is 2.93. The molecule has 2 heterocycles. The van der Waals surface area contributed by atoms with Gasteiger partial charge in [-0.3, -0.25) is 4.68 Å².